The van der Waals surface area contributed by atoms with Gasteiger partial charge in [0.25, 0.3) is 0 Å². The topological polar surface area (TPSA) is 74.5 Å². The van der Waals surface area contributed by atoms with Gasteiger partial charge in [0, 0.05) is 25.7 Å². The van der Waals surface area contributed by atoms with Crippen LogP contribution in [-0.4, -0.2) is 36.4 Å². The van der Waals surface area contributed by atoms with Crippen LogP contribution in [0.4, 0.5) is 0 Å². The highest BCUT2D eigenvalue weighted by atomic mass is 16.6. The highest BCUT2D eigenvalue weighted by Gasteiger charge is 2.06. The summed E-state index contributed by atoms with van der Waals surface area (Å²) in [5, 5.41) is 3.87. The second kappa shape index (κ2) is 10.1. The third-order valence-corrected chi connectivity index (χ3v) is 2.98. The van der Waals surface area contributed by atoms with Gasteiger partial charge in [-0.15, -0.1) is 0 Å². The van der Waals surface area contributed by atoms with E-state index >= 15 is 0 Å². The van der Waals surface area contributed by atoms with E-state index in [1.54, 1.807) is 14.0 Å². The minimum atomic E-state index is -0.410. The van der Waals surface area contributed by atoms with Gasteiger partial charge in [-0.25, -0.2) is 4.79 Å². The molecule has 2 aromatic rings. The van der Waals surface area contributed by atoms with Crippen LogP contribution in [0.15, 0.2) is 42.0 Å². The first-order valence-corrected chi connectivity index (χ1v) is 7.33. The molecule has 0 aliphatic carbocycles. The van der Waals surface area contributed by atoms with Crippen LogP contribution in [0.25, 0.3) is 17.5 Å². The van der Waals surface area contributed by atoms with Crippen LogP contribution in [0.5, 0.6) is 0 Å². The summed E-state index contributed by atoms with van der Waals surface area (Å²) in [6.45, 7) is 11.5. The first-order valence-electron chi connectivity index (χ1n) is 7.33. The summed E-state index contributed by atoms with van der Waals surface area (Å²) in [5.74, 6) is 0.786. The van der Waals surface area contributed by atoms with Crippen LogP contribution in [0.3, 0.4) is 0 Å². The van der Waals surface area contributed by atoms with Crippen molar-refractivity contribution in [1.29, 1.82) is 0 Å². The van der Waals surface area contributed by atoms with Gasteiger partial charge in [0.05, 0.1) is 6.61 Å². The number of esters is 1. The summed E-state index contributed by atoms with van der Waals surface area (Å²) in [6.07, 6.45) is 2.95. The average Bonchev–Trinajstić information content (AvgIpc) is 3.02. The highest BCUT2D eigenvalue weighted by molar-refractivity contribution is 5.81. The molecule has 0 saturated carbocycles. The highest BCUT2D eigenvalue weighted by Crippen LogP contribution is 2.20. The molecule has 1 heterocycles. The fourth-order valence-corrected chi connectivity index (χ4v) is 1.70. The molecule has 0 unspecified atom stereocenters. The van der Waals surface area contributed by atoms with Crippen molar-refractivity contribution in [1.82, 2.24) is 10.1 Å². The monoisotopic (exact) mass is 330 g/mol. The van der Waals surface area contributed by atoms with Gasteiger partial charge < -0.3 is 14.0 Å². The zero-order chi connectivity index (χ0) is 17.9. The smallest absolute Gasteiger partial charge is 0.330 e. The van der Waals surface area contributed by atoms with E-state index in [1.807, 2.05) is 31.2 Å². The normalized spacial score (nSPS) is 9.62. The minimum absolute atomic E-state index is 0.293. The lowest BCUT2D eigenvalue weighted by Gasteiger charge is -2.01. The SMILES string of the molecule is C=CC(=O)OCCOC.C=Cc1cc(-c2noc(C)n2)ccc1C. The molecule has 0 N–H and O–H groups in total. The van der Waals surface area contributed by atoms with Gasteiger partial charge in [0.2, 0.25) is 11.7 Å². The van der Waals surface area contributed by atoms with E-state index in [0.29, 0.717) is 24.9 Å². The van der Waals surface area contributed by atoms with E-state index < -0.39 is 5.97 Å². The molecule has 0 bridgehead atoms. The molecule has 128 valence electrons. The van der Waals surface area contributed by atoms with Crippen LogP contribution in [-0.2, 0) is 14.3 Å². The zero-order valence-corrected chi connectivity index (χ0v) is 14.2. The van der Waals surface area contributed by atoms with Crippen molar-refractivity contribution < 1.29 is 18.8 Å². The lowest BCUT2D eigenvalue weighted by atomic mass is 10.0. The number of nitrogens with zero attached hydrogens (tertiary/aromatic N) is 2. The summed E-state index contributed by atoms with van der Waals surface area (Å²) in [7, 11) is 1.54. The molecule has 1 aromatic heterocycles. The fraction of sp³-hybridized carbons (Fsp3) is 0.278. The Bertz CT molecular complexity index is 692. The Morgan fingerprint density at radius 1 is 1.29 bits per heavy atom. The molecule has 0 aliphatic rings. The maximum atomic E-state index is 10.3. The molecular formula is C18H22N2O4. The molecule has 0 radical (unpaired) electrons. The second-order valence-electron chi connectivity index (χ2n) is 4.78. The van der Waals surface area contributed by atoms with Gasteiger partial charge in [-0.1, -0.05) is 36.5 Å². The summed E-state index contributed by atoms with van der Waals surface area (Å²) < 4.78 is 14.1. The van der Waals surface area contributed by atoms with Crippen molar-refractivity contribution in [2.45, 2.75) is 13.8 Å². The van der Waals surface area contributed by atoms with Gasteiger partial charge in [-0.2, -0.15) is 4.98 Å². The van der Waals surface area contributed by atoms with Gasteiger partial charge in [-0.05, 0) is 24.1 Å². The predicted octanol–water partition coefficient (Wildman–Crippen LogP) is 3.36. The van der Waals surface area contributed by atoms with E-state index in [9.17, 15) is 4.79 Å². The Morgan fingerprint density at radius 3 is 2.58 bits per heavy atom. The Balaban J connectivity index is 0.000000277. The zero-order valence-electron chi connectivity index (χ0n) is 14.2. The second-order valence-corrected chi connectivity index (χ2v) is 4.78. The first-order chi connectivity index (χ1) is 11.5. The van der Waals surface area contributed by atoms with Crippen LogP contribution in [0.1, 0.15) is 17.0 Å². The number of carbonyl (C=O) groups is 1. The summed E-state index contributed by atoms with van der Waals surface area (Å²) in [6, 6.07) is 6.01. The maximum Gasteiger partial charge on any atom is 0.330 e. The van der Waals surface area contributed by atoms with Gasteiger partial charge >= 0.3 is 5.97 Å². The standard InChI is InChI=1S/C12H12N2O.C6H10O3/c1-4-10-7-11(6-5-8(10)2)12-13-9(3)15-14-12;1-3-6(7)9-5-4-8-2/h4-7H,1H2,2-3H3;3H,1,4-5H2,2H3. The number of benzene rings is 1. The first kappa shape index (κ1) is 19.3. The number of hydrogen-bond donors (Lipinski definition) is 0. The average molecular weight is 330 g/mol. The van der Waals surface area contributed by atoms with Crippen molar-refractivity contribution in [2.75, 3.05) is 20.3 Å². The fourth-order valence-electron chi connectivity index (χ4n) is 1.70. The Hall–Kier alpha value is -2.73. The number of carbonyl (C=O) groups excluding carboxylic acids is 1. The van der Waals surface area contributed by atoms with Gasteiger partial charge in [-0.3, -0.25) is 0 Å². The van der Waals surface area contributed by atoms with E-state index in [-0.39, 0.29) is 0 Å². The van der Waals surface area contributed by atoms with Crippen LogP contribution in [0.2, 0.25) is 0 Å². The summed E-state index contributed by atoms with van der Waals surface area (Å²) >= 11 is 0. The predicted molar refractivity (Wildman–Crippen MR) is 92.3 cm³/mol. The Morgan fingerprint density at radius 2 is 2.04 bits per heavy atom. The minimum Gasteiger partial charge on any atom is -0.460 e. The lowest BCUT2D eigenvalue weighted by molar-refractivity contribution is -0.138. The maximum absolute atomic E-state index is 10.3. The number of aromatic nitrogens is 2. The molecule has 0 saturated heterocycles. The van der Waals surface area contributed by atoms with Crippen molar-refractivity contribution in [2.24, 2.45) is 0 Å². The van der Waals surface area contributed by atoms with Crippen LogP contribution in [0, 0.1) is 13.8 Å². The van der Waals surface area contributed by atoms with E-state index in [4.69, 9.17) is 4.52 Å². The van der Waals surface area contributed by atoms with Crippen LogP contribution >= 0.6 is 0 Å². The number of ether oxygens (including phenoxy) is 2. The molecular weight excluding hydrogens is 308 g/mol. The van der Waals surface area contributed by atoms with E-state index in [1.165, 1.54) is 5.56 Å². The molecule has 1 aromatic carbocycles. The molecule has 0 amide bonds. The molecule has 2 rings (SSSR count). The number of methoxy groups -OCH3 is 1. The Kier molecular flexibility index (Phi) is 8.15. The largest absolute Gasteiger partial charge is 0.460 e. The third-order valence-electron chi connectivity index (χ3n) is 2.98. The molecule has 0 aliphatic heterocycles. The number of rotatable bonds is 6. The van der Waals surface area contributed by atoms with E-state index in [2.05, 4.69) is 32.8 Å². The molecule has 0 atom stereocenters. The quantitative estimate of drug-likeness (QED) is 0.459. The van der Waals surface area contributed by atoms with Crippen molar-refractivity contribution in [3.05, 3.63) is 54.5 Å². The van der Waals surface area contributed by atoms with Gasteiger partial charge in [0.1, 0.15) is 6.61 Å². The molecule has 0 spiro atoms. The molecule has 6 nitrogen and oxygen atoms in total. The molecule has 6 heteroatoms. The Labute approximate surface area is 141 Å². The number of aryl methyl sites for hydroxylation is 2. The number of hydrogen-bond acceptors (Lipinski definition) is 6. The third kappa shape index (κ3) is 6.18. The van der Waals surface area contributed by atoms with Gasteiger partial charge in [0.15, 0.2) is 0 Å². The van der Waals surface area contributed by atoms with Crippen molar-refractivity contribution in [3.8, 4) is 11.4 Å². The molecule has 24 heavy (non-hydrogen) atoms. The molecule has 0 fully saturated rings. The van der Waals surface area contributed by atoms with Crippen molar-refractivity contribution >= 4 is 12.0 Å². The van der Waals surface area contributed by atoms with Crippen LogP contribution < -0.4 is 0 Å². The van der Waals surface area contributed by atoms with Crippen molar-refractivity contribution in [3.63, 3.8) is 0 Å². The lowest BCUT2D eigenvalue weighted by Crippen LogP contribution is -2.06. The summed E-state index contributed by atoms with van der Waals surface area (Å²) in [5.41, 5.74) is 3.23. The van der Waals surface area contributed by atoms with E-state index in [0.717, 1.165) is 17.2 Å². The summed E-state index contributed by atoms with van der Waals surface area (Å²) in [4.78, 5) is 14.5.